The van der Waals surface area contributed by atoms with Gasteiger partial charge in [-0.05, 0) is 64.7 Å². The van der Waals surface area contributed by atoms with Crippen LogP contribution in [0.4, 0.5) is 4.79 Å². The van der Waals surface area contributed by atoms with E-state index in [1.54, 1.807) is 0 Å². The number of carbonyl (C=O) groups excluding carboxylic acids is 1. The molecule has 1 aliphatic heterocycles. The summed E-state index contributed by atoms with van der Waals surface area (Å²) in [6.07, 6.45) is 2.65. The minimum Gasteiger partial charge on any atom is -0.392 e. The Labute approximate surface area is 288 Å². The highest BCUT2D eigenvalue weighted by Crippen LogP contribution is 2.39. The number of hydrogen-bond acceptors (Lipinski definition) is 6. The van der Waals surface area contributed by atoms with Crippen LogP contribution < -0.4 is 10.6 Å². The molecule has 0 saturated carbocycles. The van der Waals surface area contributed by atoms with Gasteiger partial charge in [0.25, 0.3) is 0 Å². The number of urea groups is 1. The smallest absolute Gasteiger partial charge is 0.315 e. The molecule has 3 atom stereocenters. The minimum atomic E-state index is -0.552. The molecule has 0 spiro atoms. The highest BCUT2D eigenvalue weighted by Gasteiger charge is 2.33. The maximum Gasteiger partial charge on any atom is 0.315 e. The summed E-state index contributed by atoms with van der Waals surface area (Å²) in [7, 11) is 2.12. The van der Waals surface area contributed by atoms with Gasteiger partial charge in [-0.2, -0.15) is 0 Å². The molecule has 1 aliphatic rings. The van der Waals surface area contributed by atoms with Gasteiger partial charge in [-0.3, -0.25) is 4.98 Å². The highest BCUT2D eigenvalue weighted by molar-refractivity contribution is 5.74. The lowest BCUT2D eigenvalue weighted by atomic mass is 9.98. The number of likely N-dealkylation sites (N-methyl/N-ethyl adjacent to an activating group) is 1. The van der Waals surface area contributed by atoms with Crippen LogP contribution in [0.5, 0.6) is 0 Å². The Hall–Kier alpha value is -4.86. The lowest BCUT2D eigenvalue weighted by Crippen LogP contribution is -2.38. The number of ether oxygens (including phenoxy) is 2. The first-order valence-electron chi connectivity index (χ1n) is 16.9. The van der Waals surface area contributed by atoms with Crippen molar-refractivity contribution in [2.45, 2.75) is 51.0 Å². The Bertz CT molecular complexity index is 1770. The van der Waals surface area contributed by atoms with E-state index in [1.165, 1.54) is 0 Å². The number of nitrogens with one attached hydrogen (secondary N) is 2. The number of benzene rings is 4. The normalized spacial score (nSPS) is 17.5. The molecule has 3 unspecified atom stereocenters. The van der Waals surface area contributed by atoms with Gasteiger partial charge in [0.15, 0.2) is 6.29 Å². The van der Waals surface area contributed by atoms with Crippen molar-refractivity contribution in [3.8, 4) is 11.1 Å². The molecule has 49 heavy (non-hydrogen) atoms. The lowest BCUT2D eigenvalue weighted by molar-refractivity contribution is -0.252. The Balaban J connectivity index is 1.13. The monoisotopic (exact) mass is 656 g/mol. The fourth-order valence-corrected chi connectivity index (χ4v) is 6.07. The van der Waals surface area contributed by atoms with Crippen molar-refractivity contribution in [3.05, 3.63) is 161 Å². The first-order valence-corrected chi connectivity index (χ1v) is 16.9. The van der Waals surface area contributed by atoms with Crippen molar-refractivity contribution in [1.29, 1.82) is 0 Å². The topological polar surface area (TPSA) is 96.0 Å². The summed E-state index contributed by atoms with van der Waals surface area (Å²) in [5, 5.41) is 15.5. The zero-order valence-corrected chi connectivity index (χ0v) is 27.9. The Morgan fingerprint density at radius 3 is 2.24 bits per heavy atom. The van der Waals surface area contributed by atoms with E-state index < -0.39 is 6.29 Å². The SMILES string of the molecule is CN(CCc1ccccn1)CC1CC(c2ccc(CO)cc2)OC(c2cccc(-c3cccc(CNC(=O)NCc4ccccc4)c3)c2)O1. The summed E-state index contributed by atoms with van der Waals surface area (Å²) in [5.74, 6) is 0. The molecule has 6 rings (SSSR count). The van der Waals surface area contributed by atoms with E-state index in [9.17, 15) is 9.90 Å². The molecule has 1 saturated heterocycles. The second-order valence-corrected chi connectivity index (χ2v) is 12.5. The van der Waals surface area contributed by atoms with Crippen LogP contribution in [0.3, 0.4) is 0 Å². The largest absolute Gasteiger partial charge is 0.392 e. The number of aliphatic hydroxyl groups is 1. The average molecular weight is 657 g/mol. The highest BCUT2D eigenvalue weighted by atomic mass is 16.7. The molecule has 1 aromatic heterocycles. The number of aromatic nitrogens is 1. The van der Waals surface area contributed by atoms with Crippen molar-refractivity contribution >= 4 is 6.03 Å². The molecule has 2 amide bonds. The van der Waals surface area contributed by atoms with E-state index in [1.807, 2.05) is 91.1 Å². The molecule has 5 aromatic rings. The van der Waals surface area contributed by atoms with Gasteiger partial charge >= 0.3 is 6.03 Å². The van der Waals surface area contributed by atoms with Gasteiger partial charge in [0.05, 0.1) is 18.8 Å². The van der Waals surface area contributed by atoms with Crippen LogP contribution >= 0.6 is 0 Å². The minimum absolute atomic E-state index is 0.00669. The number of amides is 2. The second-order valence-electron chi connectivity index (χ2n) is 12.5. The summed E-state index contributed by atoms with van der Waals surface area (Å²) < 4.78 is 13.3. The van der Waals surface area contributed by atoms with Crippen LogP contribution in [0.2, 0.25) is 0 Å². The average Bonchev–Trinajstić information content (AvgIpc) is 3.16. The molecule has 4 aromatic carbocycles. The van der Waals surface area contributed by atoms with E-state index in [0.717, 1.165) is 70.6 Å². The molecule has 0 radical (unpaired) electrons. The van der Waals surface area contributed by atoms with Gasteiger partial charge < -0.3 is 30.1 Å². The van der Waals surface area contributed by atoms with Gasteiger partial charge in [-0.25, -0.2) is 4.79 Å². The van der Waals surface area contributed by atoms with Crippen LogP contribution in [0.15, 0.2) is 128 Å². The maximum atomic E-state index is 12.5. The summed E-state index contributed by atoms with van der Waals surface area (Å²) in [5.41, 5.74) is 8.09. The molecular weight excluding hydrogens is 612 g/mol. The number of nitrogens with zero attached hydrogens (tertiary/aromatic N) is 2. The van der Waals surface area contributed by atoms with Gasteiger partial charge in [-0.15, -0.1) is 0 Å². The van der Waals surface area contributed by atoms with Gasteiger partial charge in [-0.1, -0.05) is 97.1 Å². The Morgan fingerprint density at radius 1 is 0.776 bits per heavy atom. The quantitative estimate of drug-likeness (QED) is 0.127. The second kappa shape index (κ2) is 17.0. The van der Waals surface area contributed by atoms with Gasteiger partial charge in [0.2, 0.25) is 0 Å². The number of hydrogen-bond donors (Lipinski definition) is 3. The molecule has 8 nitrogen and oxygen atoms in total. The summed E-state index contributed by atoms with van der Waals surface area (Å²) >= 11 is 0. The van der Waals surface area contributed by atoms with E-state index >= 15 is 0 Å². The van der Waals surface area contributed by atoms with Crippen LogP contribution in [0.1, 0.15) is 52.3 Å². The molecule has 8 heteroatoms. The first kappa shape index (κ1) is 34.0. The van der Waals surface area contributed by atoms with Crippen LogP contribution in [0, 0.1) is 0 Å². The van der Waals surface area contributed by atoms with E-state index in [-0.39, 0.29) is 24.8 Å². The van der Waals surface area contributed by atoms with Crippen LogP contribution in [0.25, 0.3) is 11.1 Å². The van der Waals surface area contributed by atoms with Gasteiger partial charge in [0.1, 0.15) is 0 Å². The number of pyridine rings is 1. The molecule has 0 bridgehead atoms. The molecule has 3 N–H and O–H groups in total. The van der Waals surface area contributed by atoms with E-state index in [0.29, 0.717) is 13.1 Å². The fraction of sp³-hybridized carbons (Fsp3) is 0.268. The third-order valence-electron chi connectivity index (χ3n) is 8.77. The third-order valence-corrected chi connectivity index (χ3v) is 8.77. The van der Waals surface area contributed by atoms with Crippen molar-refractivity contribution in [3.63, 3.8) is 0 Å². The fourth-order valence-electron chi connectivity index (χ4n) is 6.07. The number of rotatable bonds is 13. The number of aliphatic hydroxyl groups excluding tert-OH is 1. The standard InChI is InChI=1S/C41H44N4O4/c1-45(22-20-37-15-5-6-21-42-37)28-38-25-39(33-18-16-31(29-46)17-19-33)49-40(48-38)36-14-8-13-35(24-36)34-12-7-11-32(23-34)27-44-41(47)43-26-30-9-3-2-4-10-30/h2-19,21,23-24,38-40,46H,20,22,25-29H2,1H3,(H2,43,44,47). The molecule has 0 aliphatic carbocycles. The molecule has 1 fully saturated rings. The summed E-state index contributed by atoms with van der Waals surface area (Å²) in [6, 6.07) is 40.1. The zero-order chi connectivity index (χ0) is 33.8. The predicted molar refractivity (Wildman–Crippen MR) is 191 cm³/mol. The Kier molecular flexibility index (Phi) is 11.8. The van der Waals surface area contributed by atoms with Crippen molar-refractivity contribution in [2.24, 2.45) is 0 Å². The van der Waals surface area contributed by atoms with Gasteiger partial charge in [0, 0.05) is 56.5 Å². The zero-order valence-electron chi connectivity index (χ0n) is 27.9. The summed E-state index contributed by atoms with van der Waals surface area (Å²) in [4.78, 5) is 19.2. The van der Waals surface area contributed by atoms with Crippen molar-refractivity contribution in [1.82, 2.24) is 20.5 Å². The number of carbonyl (C=O) groups is 1. The third kappa shape index (κ3) is 9.84. The predicted octanol–water partition coefficient (Wildman–Crippen LogP) is 6.96. The van der Waals surface area contributed by atoms with Crippen LogP contribution in [-0.4, -0.2) is 47.3 Å². The van der Waals surface area contributed by atoms with Crippen molar-refractivity contribution < 1.29 is 19.4 Å². The first-order chi connectivity index (χ1) is 24.0. The van der Waals surface area contributed by atoms with Crippen molar-refractivity contribution in [2.75, 3.05) is 20.1 Å². The molecular formula is C41H44N4O4. The maximum absolute atomic E-state index is 12.5. The summed E-state index contributed by atoms with van der Waals surface area (Å²) in [6.45, 7) is 2.52. The molecule has 252 valence electrons. The van der Waals surface area contributed by atoms with Crippen LogP contribution in [-0.2, 0) is 35.6 Å². The molecule has 2 heterocycles. The lowest BCUT2D eigenvalue weighted by Gasteiger charge is -2.38. The Morgan fingerprint density at radius 2 is 1.49 bits per heavy atom. The van der Waals surface area contributed by atoms with E-state index in [4.69, 9.17) is 9.47 Å². The van der Waals surface area contributed by atoms with E-state index in [2.05, 4.69) is 64.0 Å².